The van der Waals surface area contributed by atoms with Gasteiger partial charge < -0.3 is 52.6 Å². The van der Waals surface area contributed by atoms with Crippen LogP contribution in [-0.4, -0.2) is 52.0 Å². The van der Waals surface area contributed by atoms with Crippen molar-refractivity contribution in [2.75, 3.05) is 55.0 Å². The Balaban J connectivity index is 0.000000145. The van der Waals surface area contributed by atoms with E-state index in [0.29, 0.717) is 53.5 Å². The topological polar surface area (TPSA) is 234 Å². The molecule has 19 nitrogen and oxygen atoms in total. The van der Waals surface area contributed by atoms with Crippen LogP contribution >= 0.6 is 0 Å². The minimum absolute atomic E-state index is 0.419. The van der Waals surface area contributed by atoms with E-state index < -0.39 is 0 Å². The number of para-hydroxylation sites is 4. The summed E-state index contributed by atoms with van der Waals surface area (Å²) in [4.78, 5) is 40.7. The third-order valence-electron chi connectivity index (χ3n) is 12.5. The van der Waals surface area contributed by atoms with Crippen LogP contribution in [-0.2, 0) is 0 Å². The van der Waals surface area contributed by atoms with Gasteiger partial charge in [-0.05, 0) is 166 Å². The van der Waals surface area contributed by atoms with Crippen LogP contribution in [0.2, 0.25) is 0 Å². The second-order valence-electron chi connectivity index (χ2n) is 19.7. The van der Waals surface area contributed by atoms with Gasteiger partial charge in [0.25, 0.3) is 0 Å². The lowest BCUT2D eigenvalue weighted by Gasteiger charge is -2.12. The molecule has 12 aromatic rings. The maximum atomic E-state index is 5.20. The van der Waals surface area contributed by atoms with Crippen molar-refractivity contribution in [2.45, 2.75) is 27.7 Å². The summed E-state index contributed by atoms with van der Waals surface area (Å²) in [6.45, 7) is 8.20. The molecule has 0 aliphatic heterocycles. The van der Waals surface area contributed by atoms with Crippen LogP contribution in [0.3, 0.4) is 0 Å². The Morgan fingerprint density at radius 1 is 0.207 bits per heavy atom. The summed E-state index contributed by atoms with van der Waals surface area (Å²) in [5, 5.41) is 29.2. The normalized spacial score (nSPS) is 10.4. The summed E-state index contributed by atoms with van der Waals surface area (Å²) < 4.78 is 5.20. The van der Waals surface area contributed by atoms with Gasteiger partial charge in [-0.1, -0.05) is 127 Å². The molecule has 0 fully saturated rings. The Bertz CT molecular complexity index is 3830. The summed E-state index contributed by atoms with van der Waals surface area (Å²) >= 11 is 0. The lowest BCUT2D eigenvalue weighted by molar-refractivity contribution is 0.415. The molecule has 0 amide bonds. The summed E-state index contributed by atoms with van der Waals surface area (Å²) in [6, 6.07) is 78.9. The number of aryl methyl sites for hydroxylation is 4. The Kier molecular flexibility index (Phi) is 19.6. The molecule has 432 valence electrons. The number of nitrogens with zero attached hydrogens (tertiary/aromatic N) is 9. The SMILES string of the molecule is COc1ccc(Nc2nc(Nc3ccccc3)nc(Nc3ccccc3)n2)cc1.Cc1ccc(Nc2nc(Nc3ccccc3)nc(Nc3ccccc3)n2)cc1.Cc1cccc(Nc2nc(Nc3cccc(C)c3)nc(Nc3cccc(C)c3)n2)c1. The minimum atomic E-state index is 0.419. The number of nitrogens with one attached hydrogen (secondary N) is 9. The van der Waals surface area contributed by atoms with Gasteiger partial charge in [0.1, 0.15) is 5.75 Å². The van der Waals surface area contributed by atoms with Gasteiger partial charge in [-0.3, -0.25) is 0 Å². The van der Waals surface area contributed by atoms with Crippen molar-refractivity contribution in [3.8, 4) is 5.75 Å². The fraction of sp³-hybridized carbons (Fsp3) is 0.0735. The van der Waals surface area contributed by atoms with Crippen LogP contribution in [0.4, 0.5) is 105 Å². The first-order valence-electron chi connectivity index (χ1n) is 27.9. The van der Waals surface area contributed by atoms with Gasteiger partial charge in [-0.2, -0.15) is 44.9 Å². The van der Waals surface area contributed by atoms with Crippen LogP contribution < -0.4 is 52.6 Å². The zero-order valence-corrected chi connectivity index (χ0v) is 48.5. The monoisotopic (exact) mass is 1150 g/mol. The molecule has 0 radical (unpaired) electrons. The summed E-state index contributed by atoms with van der Waals surface area (Å²) in [6.07, 6.45) is 0. The highest BCUT2D eigenvalue weighted by Crippen LogP contribution is 2.26. The van der Waals surface area contributed by atoms with E-state index in [2.05, 4.69) is 99.6 Å². The van der Waals surface area contributed by atoms with Gasteiger partial charge in [0.05, 0.1) is 7.11 Å². The van der Waals surface area contributed by atoms with Gasteiger partial charge >= 0.3 is 0 Å². The van der Waals surface area contributed by atoms with Crippen LogP contribution in [0.25, 0.3) is 0 Å². The molecule has 19 heteroatoms. The van der Waals surface area contributed by atoms with Gasteiger partial charge in [0.2, 0.25) is 53.5 Å². The van der Waals surface area contributed by atoms with E-state index in [1.54, 1.807) is 7.11 Å². The highest BCUT2D eigenvalue weighted by Gasteiger charge is 2.13. The van der Waals surface area contributed by atoms with Crippen LogP contribution in [0.1, 0.15) is 22.3 Å². The predicted octanol–water partition coefficient (Wildman–Crippen LogP) is 16.5. The average molecular weight is 1150 g/mol. The van der Waals surface area contributed by atoms with Crippen LogP contribution in [0, 0.1) is 27.7 Å². The zero-order chi connectivity index (χ0) is 60.0. The van der Waals surface area contributed by atoms with E-state index in [0.717, 1.165) is 73.6 Å². The zero-order valence-electron chi connectivity index (χ0n) is 48.5. The lowest BCUT2D eigenvalue weighted by Crippen LogP contribution is -2.07. The van der Waals surface area contributed by atoms with Crippen molar-refractivity contribution in [1.29, 1.82) is 0 Å². The van der Waals surface area contributed by atoms with Crippen LogP contribution in [0.5, 0.6) is 5.75 Å². The van der Waals surface area contributed by atoms with Crippen molar-refractivity contribution >= 4 is 105 Å². The number of benzene rings is 9. The van der Waals surface area contributed by atoms with Gasteiger partial charge in [-0.15, -0.1) is 0 Å². The fourth-order valence-corrected chi connectivity index (χ4v) is 8.36. The third-order valence-corrected chi connectivity index (χ3v) is 12.5. The van der Waals surface area contributed by atoms with Crippen LogP contribution in [0.15, 0.2) is 243 Å². The number of rotatable bonds is 19. The van der Waals surface area contributed by atoms with E-state index in [1.807, 2.05) is 263 Å². The molecule has 0 bridgehead atoms. The number of anilines is 18. The molecule has 3 heterocycles. The van der Waals surface area contributed by atoms with Gasteiger partial charge in [-0.25, -0.2) is 0 Å². The second kappa shape index (κ2) is 29.3. The van der Waals surface area contributed by atoms with E-state index in [9.17, 15) is 0 Å². The molecular weight excluding hydrogens is 1080 g/mol. The van der Waals surface area contributed by atoms with Crippen molar-refractivity contribution < 1.29 is 4.74 Å². The number of hydrogen-bond acceptors (Lipinski definition) is 19. The molecular formula is C68H64N18O. The smallest absolute Gasteiger partial charge is 0.233 e. The van der Waals surface area contributed by atoms with E-state index in [4.69, 9.17) is 4.74 Å². The molecule has 87 heavy (non-hydrogen) atoms. The Morgan fingerprint density at radius 3 is 0.644 bits per heavy atom. The molecule has 0 atom stereocenters. The highest BCUT2D eigenvalue weighted by molar-refractivity contribution is 5.66. The number of hydrogen-bond donors (Lipinski definition) is 9. The third kappa shape index (κ3) is 18.5. The molecule has 0 aliphatic rings. The van der Waals surface area contributed by atoms with E-state index in [1.165, 1.54) is 5.56 Å². The molecule has 9 aromatic carbocycles. The van der Waals surface area contributed by atoms with Crippen molar-refractivity contribution in [3.63, 3.8) is 0 Å². The van der Waals surface area contributed by atoms with E-state index in [-0.39, 0.29) is 0 Å². The Labute approximate surface area is 505 Å². The second-order valence-corrected chi connectivity index (χ2v) is 19.7. The highest BCUT2D eigenvalue weighted by atomic mass is 16.5. The lowest BCUT2D eigenvalue weighted by atomic mass is 10.2. The molecule has 0 unspecified atom stereocenters. The molecule has 12 rings (SSSR count). The molecule has 9 N–H and O–H groups in total. The Morgan fingerprint density at radius 2 is 0.414 bits per heavy atom. The first-order valence-corrected chi connectivity index (χ1v) is 27.9. The minimum Gasteiger partial charge on any atom is -0.497 e. The first-order chi connectivity index (χ1) is 42.6. The number of methoxy groups -OCH3 is 1. The molecule has 3 aromatic heterocycles. The number of aromatic nitrogens is 9. The quantitative estimate of drug-likeness (QED) is 0.0366. The van der Waals surface area contributed by atoms with E-state index >= 15 is 0 Å². The summed E-state index contributed by atoms with van der Waals surface area (Å²) in [7, 11) is 1.64. The fourth-order valence-electron chi connectivity index (χ4n) is 8.36. The predicted molar refractivity (Wildman–Crippen MR) is 353 cm³/mol. The van der Waals surface area contributed by atoms with Crippen molar-refractivity contribution in [3.05, 3.63) is 265 Å². The number of ether oxygens (including phenoxy) is 1. The summed E-state index contributed by atoms with van der Waals surface area (Å²) in [5.41, 5.74) is 12.8. The molecule has 0 spiro atoms. The average Bonchev–Trinajstić information content (AvgIpc) is 3.57. The van der Waals surface area contributed by atoms with Gasteiger partial charge in [0, 0.05) is 51.2 Å². The Hall–Kier alpha value is -12.0. The maximum absolute atomic E-state index is 5.20. The van der Waals surface area contributed by atoms with Crippen molar-refractivity contribution in [2.24, 2.45) is 0 Å². The summed E-state index contributed by atoms with van der Waals surface area (Å²) in [5.74, 6) is 4.80. The molecule has 0 saturated heterocycles. The van der Waals surface area contributed by atoms with Crippen molar-refractivity contribution in [1.82, 2.24) is 44.9 Å². The largest absolute Gasteiger partial charge is 0.497 e. The first kappa shape index (κ1) is 58.2. The standard InChI is InChI=1S/C24H24N6.C22H20N6O.C22H20N6/c1-16-7-4-10-19(13-16)25-22-28-23(26-20-11-5-8-17(2)14-20)30-24(29-22)27-21-12-6-9-18(3)15-21;1-29-19-14-12-18(13-15-19)25-22-27-20(23-16-8-4-2-5-9-16)26-21(28-22)24-17-10-6-3-7-11-17;1-16-12-14-19(15-13-16)25-22-27-20(23-17-8-4-2-5-9-17)26-21(28-22)24-18-10-6-3-7-11-18/h4-15H,1-3H3,(H3,25,26,27,28,29,30);2-15H,1H3,(H3,23,24,25,26,27,28);2-15H,1H3,(H3,23,24,25,26,27,28). The van der Waals surface area contributed by atoms with Gasteiger partial charge in [0.15, 0.2) is 0 Å². The molecule has 0 saturated carbocycles. The maximum Gasteiger partial charge on any atom is 0.233 e. The molecule has 0 aliphatic carbocycles.